The average molecular weight is 493 g/mol. The first-order valence-electron chi connectivity index (χ1n) is 12.1. The minimum atomic E-state index is -0.762. The summed E-state index contributed by atoms with van der Waals surface area (Å²) >= 11 is 0. The van der Waals surface area contributed by atoms with Crippen LogP contribution in [0.15, 0.2) is 41.5 Å². The number of aromatic nitrogens is 5. The summed E-state index contributed by atoms with van der Waals surface area (Å²) in [7, 11) is 1.65. The Kier molecular flexibility index (Phi) is 5.36. The van der Waals surface area contributed by atoms with E-state index in [0.29, 0.717) is 36.2 Å². The molecule has 0 N–H and O–H groups in total. The zero-order valence-corrected chi connectivity index (χ0v) is 20.3. The summed E-state index contributed by atoms with van der Waals surface area (Å²) in [6.45, 7) is 4.71. The van der Waals surface area contributed by atoms with Crippen LogP contribution in [0.4, 0.5) is 14.6 Å². The van der Waals surface area contributed by atoms with Crippen molar-refractivity contribution in [2.45, 2.75) is 44.9 Å². The van der Waals surface area contributed by atoms with Gasteiger partial charge in [-0.1, -0.05) is 0 Å². The first-order valence-corrected chi connectivity index (χ1v) is 12.1. The number of morpholine rings is 1. The largest absolute Gasteiger partial charge is 0.367 e. The number of rotatable bonds is 4. The molecule has 3 aromatic heterocycles. The third kappa shape index (κ3) is 3.95. The second-order valence-electron chi connectivity index (χ2n) is 9.70. The lowest BCUT2D eigenvalue weighted by molar-refractivity contribution is -0.0176. The quantitative estimate of drug-likeness (QED) is 0.427. The van der Waals surface area contributed by atoms with Gasteiger partial charge in [0, 0.05) is 37.0 Å². The molecule has 2 aliphatic rings. The molecule has 0 amide bonds. The molecular weight excluding hydrogens is 466 g/mol. The van der Waals surface area contributed by atoms with Crippen molar-refractivity contribution >= 4 is 16.7 Å². The number of anilines is 1. The second kappa shape index (κ2) is 8.48. The number of hydrogen-bond acceptors (Lipinski definition) is 6. The Morgan fingerprint density at radius 1 is 1.11 bits per heavy atom. The maximum atomic E-state index is 14.9. The van der Waals surface area contributed by atoms with Crippen molar-refractivity contribution in [3.05, 3.63) is 70.0 Å². The molecule has 1 aromatic carbocycles. The number of halogens is 2. The lowest BCUT2D eigenvalue weighted by atomic mass is 10.1. The highest BCUT2D eigenvalue weighted by Gasteiger charge is 2.31. The normalized spacial score (nSPS) is 20.3. The number of nitrogens with zero attached hydrogens (tertiary/aromatic N) is 6. The predicted octanol–water partition coefficient (Wildman–Crippen LogP) is 4.08. The zero-order chi connectivity index (χ0) is 25.1. The maximum absolute atomic E-state index is 14.9. The molecule has 10 heteroatoms. The van der Waals surface area contributed by atoms with Gasteiger partial charge in [-0.05, 0) is 44.9 Å². The summed E-state index contributed by atoms with van der Waals surface area (Å²) in [4.78, 5) is 24.6. The summed E-state index contributed by atoms with van der Waals surface area (Å²) in [6.07, 6.45) is 5.81. The van der Waals surface area contributed by atoms with Gasteiger partial charge in [-0.3, -0.25) is 14.0 Å². The molecule has 36 heavy (non-hydrogen) atoms. The van der Waals surface area contributed by atoms with E-state index in [1.165, 1.54) is 16.7 Å². The van der Waals surface area contributed by atoms with Crippen LogP contribution in [0.2, 0.25) is 0 Å². The molecule has 8 nitrogen and oxygen atoms in total. The SMILES string of the molecule is Cc1nc2c(-c3ccc(F)cc3F)nc(N3C[C@@H](c4cnn(C5CC5)c4)O[C@@H](C)C3)cc2c(=O)n1C. The van der Waals surface area contributed by atoms with Crippen LogP contribution in [0.1, 0.15) is 43.3 Å². The number of fused-ring (bicyclic) bond motifs is 1. The van der Waals surface area contributed by atoms with Gasteiger partial charge in [0.1, 0.15) is 40.6 Å². The van der Waals surface area contributed by atoms with E-state index in [1.54, 1.807) is 20.0 Å². The Labute approximate surface area is 206 Å². The monoisotopic (exact) mass is 492 g/mol. The number of pyridine rings is 1. The van der Waals surface area contributed by atoms with Crippen LogP contribution in [0.25, 0.3) is 22.2 Å². The zero-order valence-electron chi connectivity index (χ0n) is 20.3. The van der Waals surface area contributed by atoms with E-state index < -0.39 is 11.6 Å². The molecule has 1 aliphatic carbocycles. The van der Waals surface area contributed by atoms with Crippen molar-refractivity contribution < 1.29 is 13.5 Å². The minimum Gasteiger partial charge on any atom is -0.367 e. The Hall–Kier alpha value is -3.66. The Balaban J connectivity index is 1.47. The number of benzene rings is 1. The highest BCUT2D eigenvalue weighted by molar-refractivity contribution is 5.93. The van der Waals surface area contributed by atoms with Crippen LogP contribution in [0.3, 0.4) is 0 Å². The molecule has 1 saturated heterocycles. The summed E-state index contributed by atoms with van der Waals surface area (Å²) in [5.41, 5.74) is 1.31. The van der Waals surface area contributed by atoms with Gasteiger partial charge in [0.2, 0.25) is 0 Å². The van der Waals surface area contributed by atoms with Crippen molar-refractivity contribution in [1.29, 1.82) is 0 Å². The smallest absolute Gasteiger partial charge is 0.261 e. The molecule has 0 bridgehead atoms. The minimum absolute atomic E-state index is 0.0898. The molecule has 0 unspecified atom stereocenters. The molecule has 1 aliphatic heterocycles. The van der Waals surface area contributed by atoms with Crippen molar-refractivity contribution in [3.63, 3.8) is 0 Å². The molecule has 186 valence electrons. The summed E-state index contributed by atoms with van der Waals surface area (Å²) in [5, 5.41) is 4.82. The summed E-state index contributed by atoms with van der Waals surface area (Å²) in [5.74, 6) is -0.465. The number of hydrogen-bond donors (Lipinski definition) is 0. The molecular formula is C26H26F2N6O2. The van der Waals surface area contributed by atoms with Crippen molar-refractivity contribution in [2.24, 2.45) is 7.05 Å². The van der Waals surface area contributed by atoms with Gasteiger partial charge in [-0.15, -0.1) is 0 Å². The lowest BCUT2D eigenvalue weighted by Gasteiger charge is -2.37. The molecule has 2 atom stereocenters. The van der Waals surface area contributed by atoms with Crippen molar-refractivity contribution in [1.82, 2.24) is 24.3 Å². The Morgan fingerprint density at radius 2 is 1.92 bits per heavy atom. The van der Waals surface area contributed by atoms with Gasteiger partial charge in [0.05, 0.1) is 30.3 Å². The first-order chi connectivity index (χ1) is 17.3. The standard InChI is InChI=1S/C26H26F2N6O2/c1-14-11-33(13-22(36-14)16-10-29-34(12-16)18-5-6-18)23-9-20-25(30-15(2)32(3)26(20)35)24(31-23)19-7-4-17(27)8-21(19)28/h4,7-10,12,14,18,22H,5-6,11,13H2,1-3H3/t14-,22-/m0/s1. The molecule has 2 fully saturated rings. The van der Waals surface area contributed by atoms with Crippen LogP contribution in [-0.4, -0.2) is 43.5 Å². The molecule has 0 spiro atoms. The van der Waals surface area contributed by atoms with Gasteiger partial charge in [0.25, 0.3) is 5.56 Å². The Bertz CT molecular complexity index is 1540. The van der Waals surface area contributed by atoms with E-state index in [4.69, 9.17) is 9.72 Å². The van der Waals surface area contributed by atoms with E-state index in [2.05, 4.69) is 10.1 Å². The fraction of sp³-hybridized carbons (Fsp3) is 0.385. The van der Waals surface area contributed by atoms with Gasteiger partial charge in [-0.2, -0.15) is 5.10 Å². The molecule has 4 aromatic rings. The van der Waals surface area contributed by atoms with Gasteiger partial charge in [0.15, 0.2) is 0 Å². The van der Waals surface area contributed by atoms with Crippen molar-refractivity contribution in [3.8, 4) is 11.3 Å². The average Bonchev–Trinajstić information content (AvgIpc) is 3.58. The maximum Gasteiger partial charge on any atom is 0.261 e. The predicted molar refractivity (Wildman–Crippen MR) is 131 cm³/mol. The van der Waals surface area contributed by atoms with E-state index in [1.807, 2.05) is 28.9 Å². The van der Waals surface area contributed by atoms with E-state index in [9.17, 15) is 13.6 Å². The van der Waals surface area contributed by atoms with Crippen molar-refractivity contribution in [2.75, 3.05) is 18.0 Å². The fourth-order valence-corrected chi connectivity index (χ4v) is 4.78. The topological polar surface area (TPSA) is 78.1 Å². The number of ether oxygens (including phenoxy) is 1. The first kappa shape index (κ1) is 22.8. The second-order valence-corrected chi connectivity index (χ2v) is 9.70. The van der Waals surface area contributed by atoms with Gasteiger partial charge >= 0.3 is 0 Å². The lowest BCUT2D eigenvalue weighted by Crippen LogP contribution is -2.43. The highest BCUT2D eigenvalue weighted by Crippen LogP contribution is 2.36. The summed E-state index contributed by atoms with van der Waals surface area (Å²) in [6, 6.07) is 5.50. The third-order valence-corrected chi connectivity index (χ3v) is 6.96. The fourth-order valence-electron chi connectivity index (χ4n) is 4.78. The van der Waals surface area contributed by atoms with Crippen LogP contribution < -0.4 is 10.5 Å². The van der Waals surface area contributed by atoms with E-state index >= 15 is 0 Å². The number of aryl methyl sites for hydroxylation is 1. The highest BCUT2D eigenvalue weighted by atomic mass is 19.1. The van der Waals surface area contributed by atoms with Crippen LogP contribution in [0.5, 0.6) is 0 Å². The molecule has 1 saturated carbocycles. The third-order valence-electron chi connectivity index (χ3n) is 6.96. The summed E-state index contributed by atoms with van der Waals surface area (Å²) < 4.78 is 38.2. The van der Waals surface area contributed by atoms with Gasteiger partial charge in [-0.25, -0.2) is 18.7 Å². The van der Waals surface area contributed by atoms with Gasteiger partial charge < -0.3 is 9.64 Å². The van der Waals surface area contributed by atoms with E-state index in [-0.39, 0.29) is 34.5 Å². The van der Waals surface area contributed by atoms with Crippen LogP contribution in [-0.2, 0) is 11.8 Å². The van der Waals surface area contributed by atoms with Crippen LogP contribution >= 0.6 is 0 Å². The Morgan fingerprint density at radius 3 is 2.67 bits per heavy atom. The molecule has 6 rings (SSSR count). The van der Waals surface area contributed by atoms with E-state index in [0.717, 1.165) is 24.5 Å². The molecule has 0 radical (unpaired) electrons. The van der Waals surface area contributed by atoms with Crippen LogP contribution in [0, 0.1) is 18.6 Å². The molecule has 4 heterocycles.